The van der Waals surface area contributed by atoms with E-state index in [1.165, 1.54) is 13.0 Å². The van der Waals surface area contributed by atoms with Gasteiger partial charge in [-0.3, -0.25) is 20.4 Å². The number of benzene rings is 2. The van der Waals surface area contributed by atoms with Crippen molar-refractivity contribution in [3.05, 3.63) is 64.1 Å². The van der Waals surface area contributed by atoms with E-state index in [1.54, 1.807) is 24.3 Å². The van der Waals surface area contributed by atoms with Gasteiger partial charge in [0, 0.05) is 10.0 Å². The van der Waals surface area contributed by atoms with E-state index in [0.717, 1.165) is 16.6 Å². The lowest BCUT2D eigenvalue weighted by Crippen LogP contribution is -2.47. The second kappa shape index (κ2) is 8.22. The molecule has 9 heteroatoms. The zero-order chi connectivity index (χ0) is 19.3. The summed E-state index contributed by atoms with van der Waals surface area (Å²) in [7, 11) is 0. The van der Waals surface area contributed by atoms with Gasteiger partial charge in [0.1, 0.15) is 5.75 Å². The van der Waals surface area contributed by atoms with Crippen molar-refractivity contribution in [1.82, 2.24) is 10.9 Å². The predicted octanol–water partition coefficient (Wildman–Crippen LogP) is 3.70. The van der Waals surface area contributed by atoms with Gasteiger partial charge >= 0.3 is 6.18 Å². The van der Waals surface area contributed by atoms with Crippen LogP contribution in [0.3, 0.4) is 0 Å². The molecule has 2 aromatic carbocycles. The topological polar surface area (TPSA) is 67.4 Å². The van der Waals surface area contributed by atoms with Gasteiger partial charge in [0.05, 0.1) is 5.56 Å². The van der Waals surface area contributed by atoms with Crippen LogP contribution < -0.4 is 15.6 Å². The van der Waals surface area contributed by atoms with E-state index in [0.29, 0.717) is 11.8 Å². The number of alkyl halides is 3. The number of hydrazine groups is 1. The molecule has 5 nitrogen and oxygen atoms in total. The van der Waals surface area contributed by atoms with Crippen molar-refractivity contribution >= 4 is 27.7 Å². The van der Waals surface area contributed by atoms with Gasteiger partial charge in [-0.05, 0) is 43.3 Å². The average Bonchev–Trinajstić information content (AvgIpc) is 2.58. The van der Waals surface area contributed by atoms with Crippen molar-refractivity contribution in [2.45, 2.75) is 19.2 Å². The van der Waals surface area contributed by atoms with Crippen molar-refractivity contribution in [1.29, 1.82) is 0 Å². The second-order valence-corrected chi connectivity index (χ2v) is 6.16. The number of halogens is 4. The van der Waals surface area contributed by atoms with E-state index >= 15 is 0 Å². The van der Waals surface area contributed by atoms with Crippen LogP contribution in [0.1, 0.15) is 22.8 Å². The molecule has 2 rings (SSSR count). The van der Waals surface area contributed by atoms with Gasteiger partial charge in [0.2, 0.25) is 0 Å². The summed E-state index contributed by atoms with van der Waals surface area (Å²) in [6.45, 7) is 1.46. The van der Waals surface area contributed by atoms with Crippen molar-refractivity contribution in [2.24, 2.45) is 0 Å². The summed E-state index contributed by atoms with van der Waals surface area (Å²) >= 11 is 3.27. The zero-order valence-electron chi connectivity index (χ0n) is 13.4. The molecule has 0 bridgehead atoms. The number of hydrogen-bond acceptors (Lipinski definition) is 3. The molecule has 1 unspecified atom stereocenters. The largest absolute Gasteiger partial charge is 0.481 e. The normalized spacial score (nSPS) is 12.2. The molecule has 2 aromatic rings. The molecular formula is C17H14BrF3N2O3. The van der Waals surface area contributed by atoms with Crippen LogP contribution in [-0.4, -0.2) is 17.9 Å². The highest BCUT2D eigenvalue weighted by Gasteiger charge is 2.31. The Morgan fingerprint density at radius 1 is 1.08 bits per heavy atom. The summed E-state index contributed by atoms with van der Waals surface area (Å²) < 4.78 is 44.2. The van der Waals surface area contributed by atoms with Crippen LogP contribution >= 0.6 is 15.9 Å². The summed E-state index contributed by atoms with van der Waals surface area (Å²) in [4.78, 5) is 23.9. The molecule has 0 aliphatic heterocycles. The number of nitrogens with one attached hydrogen (secondary N) is 2. The molecule has 0 radical (unpaired) electrons. The number of rotatable bonds is 4. The minimum Gasteiger partial charge on any atom is -0.481 e. The fourth-order valence-corrected chi connectivity index (χ4v) is 2.31. The highest BCUT2D eigenvalue weighted by atomic mass is 79.9. The van der Waals surface area contributed by atoms with E-state index < -0.39 is 29.7 Å². The molecule has 1 atom stereocenters. The molecule has 2 amide bonds. The zero-order valence-corrected chi connectivity index (χ0v) is 15.0. The molecule has 138 valence electrons. The Kier molecular flexibility index (Phi) is 6.25. The lowest BCUT2D eigenvalue weighted by atomic mass is 10.1. The fourth-order valence-electron chi connectivity index (χ4n) is 1.93. The van der Waals surface area contributed by atoms with Gasteiger partial charge in [-0.15, -0.1) is 0 Å². The van der Waals surface area contributed by atoms with Gasteiger partial charge < -0.3 is 4.74 Å². The lowest BCUT2D eigenvalue weighted by molar-refractivity contribution is -0.137. The Bertz CT molecular complexity index is 812. The minimum atomic E-state index is -4.56. The number of carbonyl (C=O) groups excluding carboxylic acids is 2. The van der Waals surface area contributed by atoms with Gasteiger partial charge in [-0.2, -0.15) is 13.2 Å². The van der Waals surface area contributed by atoms with Crippen LogP contribution in [0.5, 0.6) is 5.75 Å². The summed E-state index contributed by atoms with van der Waals surface area (Å²) in [6.07, 6.45) is -5.50. The maximum Gasteiger partial charge on any atom is 0.416 e. The number of amides is 2. The molecule has 0 saturated heterocycles. The fraction of sp³-hybridized carbons (Fsp3) is 0.176. The van der Waals surface area contributed by atoms with Crippen LogP contribution in [0.4, 0.5) is 13.2 Å². The molecule has 0 heterocycles. The van der Waals surface area contributed by atoms with E-state index in [2.05, 4.69) is 26.8 Å². The highest BCUT2D eigenvalue weighted by molar-refractivity contribution is 9.10. The second-order valence-electron chi connectivity index (χ2n) is 5.24. The van der Waals surface area contributed by atoms with Crippen LogP contribution in [0.15, 0.2) is 53.0 Å². The Labute approximate surface area is 155 Å². The first-order chi connectivity index (χ1) is 12.2. The summed E-state index contributed by atoms with van der Waals surface area (Å²) in [6, 6.07) is 10.7. The summed E-state index contributed by atoms with van der Waals surface area (Å²) in [5.41, 5.74) is 2.99. The first kappa shape index (κ1) is 19.8. The average molecular weight is 431 g/mol. The Morgan fingerprint density at radius 2 is 1.77 bits per heavy atom. The molecule has 2 N–H and O–H groups in total. The van der Waals surface area contributed by atoms with Gasteiger partial charge in [0.25, 0.3) is 11.8 Å². The van der Waals surface area contributed by atoms with Crippen molar-refractivity contribution in [3.63, 3.8) is 0 Å². The predicted molar refractivity (Wildman–Crippen MR) is 91.3 cm³/mol. The molecule has 0 spiro atoms. The third-order valence-corrected chi connectivity index (χ3v) is 3.72. The molecule has 0 aliphatic rings. The van der Waals surface area contributed by atoms with Crippen molar-refractivity contribution in [3.8, 4) is 5.75 Å². The SMILES string of the molecule is CC(Oc1cccc(Br)c1)C(=O)NNC(=O)c1cccc(C(F)(F)F)c1. The smallest absolute Gasteiger partial charge is 0.416 e. The van der Waals surface area contributed by atoms with Gasteiger partial charge in [-0.25, -0.2) is 0 Å². The Morgan fingerprint density at radius 3 is 2.42 bits per heavy atom. The molecule has 0 aromatic heterocycles. The van der Waals surface area contributed by atoms with Crippen molar-refractivity contribution in [2.75, 3.05) is 0 Å². The van der Waals surface area contributed by atoms with E-state index in [9.17, 15) is 22.8 Å². The lowest BCUT2D eigenvalue weighted by Gasteiger charge is -2.15. The highest BCUT2D eigenvalue weighted by Crippen LogP contribution is 2.29. The first-order valence-electron chi connectivity index (χ1n) is 7.36. The minimum absolute atomic E-state index is 0.235. The molecule has 26 heavy (non-hydrogen) atoms. The third-order valence-electron chi connectivity index (χ3n) is 3.23. The maximum absolute atomic E-state index is 12.7. The number of carbonyl (C=O) groups is 2. The van der Waals surface area contributed by atoms with E-state index in [1.807, 2.05) is 0 Å². The van der Waals surface area contributed by atoms with Crippen LogP contribution in [0.2, 0.25) is 0 Å². The summed E-state index contributed by atoms with van der Waals surface area (Å²) in [5.74, 6) is -1.10. The van der Waals surface area contributed by atoms with Crippen LogP contribution in [-0.2, 0) is 11.0 Å². The van der Waals surface area contributed by atoms with Gasteiger partial charge in [0.15, 0.2) is 6.10 Å². The molecule has 0 fully saturated rings. The third kappa shape index (κ3) is 5.48. The standard InChI is InChI=1S/C17H14BrF3N2O3/c1-10(26-14-7-3-6-13(18)9-14)15(24)22-23-16(25)11-4-2-5-12(8-11)17(19,20)21/h2-10H,1H3,(H,22,24)(H,23,25). The monoisotopic (exact) mass is 430 g/mol. The number of ether oxygens (including phenoxy) is 1. The van der Waals surface area contributed by atoms with Crippen LogP contribution in [0.25, 0.3) is 0 Å². The van der Waals surface area contributed by atoms with E-state index in [4.69, 9.17) is 4.74 Å². The summed E-state index contributed by atoms with van der Waals surface area (Å²) in [5, 5.41) is 0. The van der Waals surface area contributed by atoms with Crippen LogP contribution in [0, 0.1) is 0 Å². The quantitative estimate of drug-likeness (QED) is 0.726. The first-order valence-corrected chi connectivity index (χ1v) is 8.16. The van der Waals surface area contributed by atoms with Crippen molar-refractivity contribution < 1.29 is 27.5 Å². The van der Waals surface area contributed by atoms with E-state index in [-0.39, 0.29) is 5.56 Å². The van der Waals surface area contributed by atoms with Gasteiger partial charge in [-0.1, -0.05) is 28.1 Å². The maximum atomic E-state index is 12.7. The Hall–Kier alpha value is -2.55. The number of hydrogen-bond donors (Lipinski definition) is 2. The molecule has 0 aliphatic carbocycles. The molecular weight excluding hydrogens is 417 g/mol. The Balaban J connectivity index is 1.93. The molecule has 0 saturated carbocycles.